The number of nitrogens with zero attached hydrogens (tertiary/aromatic N) is 1. The first kappa shape index (κ1) is 32.0. The first-order chi connectivity index (χ1) is 14.2. The lowest BCUT2D eigenvalue weighted by atomic mass is 9.92. The molecule has 1 aliphatic rings. The maximum atomic E-state index is 5.25. The van der Waals surface area contributed by atoms with E-state index < -0.39 is 0 Å². The zero-order valence-corrected chi connectivity index (χ0v) is 21.3. The van der Waals surface area contributed by atoms with Crippen molar-refractivity contribution in [2.45, 2.75) is 82.6 Å². The normalized spacial score (nSPS) is 16.2. The predicted octanol–water partition coefficient (Wildman–Crippen LogP) is 8.84. The molecule has 1 unspecified atom stereocenters. The molecule has 2 heterocycles. The molecule has 0 spiro atoms. The highest BCUT2D eigenvalue weighted by molar-refractivity contribution is 5.58. The molecule has 0 N–H and O–H groups in total. The van der Waals surface area contributed by atoms with Gasteiger partial charge >= 0.3 is 0 Å². The van der Waals surface area contributed by atoms with E-state index in [9.17, 15) is 0 Å². The molecule has 2 nitrogen and oxygen atoms in total. The molecule has 0 bridgehead atoms. The summed E-state index contributed by atoms with van der Waals surface area (Å²) in [4.78, 5) is 4.28. The molecule has 168 valence electrons. The van der Waals surface area contributed by atoms with E-state index in [1.807, 2.05) is 79.8 Å². The fourth-order valence-electron chi connectivity index (χ4n) is 2.25. The monoisotopic (exact) mass is 403 g/mol. The second-order valence-electron chi connectivity index (χ2n) is 5.90. The predicted molar refractivity (Wildman–Crippen MR) is 134 cm³/mol. The van der Waals surface area contributed by atoms with E-state index in [-0.39, 0.29) is 0 Å². The minimum atomic E-state index is 0.781. The Balaban J connectivity index is -0.000000365. The number of aryl methyl sites for hydroxylation is 1. The van der Waals surface area contributed by atoms with Crippen LogP contribution in [0.2, 0.25) is 0 Å². The number of pyridine rings is 1. The Morgan fingerprint density at radius 2 is 1.31 bits per heavy atom. The van der Waals surface area contributed by atoms with Crippen molar-refractivity contribution in [2.24, 2.45) is 11.8 Å². The van der Waals surface area contributed by atoms with Gasteiger partial charge in [-0.05, 0) is 37.3 Å². The van der Waals surface area contributed by atoms with Gasteiger partial charge in [0.15, 0.2) is 0 Å². The number of benzene rings is 1. The van der Waals surface area contributed by atoms with E-state index >= 15 is 0 Å². The Bertz CT molecular complexity index is 512. The second-order valence-corrected chi connectivity index (χ2v) is 5.90. The van der Waals surface area contributed by atoms with Crippen molar-refractivity contribution in [3.05, 3.63) is 54.2 Å². The Kier molecular flexibility index (Phi) is 26.9. The summed E-state index contributed by atoms with van der Waals surface area (Å²) in [6, 6.07) is 14.3. The molecule has 1 aromatic heterocycles. The Morgan fingerprint density at radius 1 is 0.759 bits per heavy atom. The Labute approximate surface area is 183 Å². The largest absolute Gasteiger partial charge is 0.381 e. The summed E-state index contributed by atoms with van der Waals surface area (Å²) in [5.41, 5.74) is 3.48. The van der Waals surface area contributed by atoms with Crippen LogP contribution in [0, 0.1) is 18.8 Å². The van der Waals surface area contributed by atoms with Crippen LogP contribution in [0.1, 0.15) is 81.2 Å². The summed E-state index contributed by atoms with van der Waals surface area (Å²) in [5, 5.41) is 0. The molecule has 1 saturated heterocycles. The van der Waals surface area contributed by atoms with Crippen LogP contribution in [0.4, 0.5) is 0 Å². The molecule has 1 aliphatic heterocycles. The van der Waals surface area contributed by atoms with Gasteiger partial charge in [-0.15, -0.1) is 0 Å². The number of hydrogen-bond donors (Lipinski definition) is 0. The van der Waals surface area contributed by atoms with Gasteiger partial charge in [-0.3, -0.25) is 4.98 Å². The molecule has 1 aromatic carbocycles. The third kappa shape index (κ3) is 15.9. The highest BCUT2D eigenvalue weighted by Gasteiger charge is 2.16. The van der Waals surface area contributed by atoms with Gasteiger partial charge < -0.3 is 4.74 Å². The average Bonchev–Trinajstić information content (AvgIpc) is 2.83. The summed E-state index contributed by atoms with van der Waals surface area (Å²) >= 11 is 0. The molecule has 0 saturated carbocycles. The van der Waals surface area contributed by atoms with Gasteiger partial charge in [-0.25, -0.2) is 0 Å². The van der Waals surface area contributed by atoms with Crippen molar-refractivity contribution in [1.82, 2.24) is 4.98 Å². The summed E-state index contributed by atoms with van der Waals surface area (Å²) in [6.45, 7) is 24.6. The van der Waals surface area contributed by atoms with Crippen molar-refractivity contribution in [3.63, 3.8) is 0 Å². The van der Waals surface area contributed by atoms with Gasteiger partial charge in [0.25, 0.3) is 0 Å². The molecule has 0 radical (unpaired) electrons. The van der Waals surface area contributed by atoms with E-state index in [1.54, 1.807) is 0 Å². The number of ether oxygens (including phenoxy) is 1. The lowest BCUT2D eigenvalue weighted by molar-refractivity contribution is 0.0303. The van der Waals surface area contributed by atoms with Crippen LogP contribution in [0.25, 0.3) is 11.3 Å². The van der Waals surface area contributed by atoms with E-state index in [0.717, 1.165) is 30.7 Å². The molecular formula is C27H49NO. The van der Waals surface area contributed by atoms with Crippen LogP contribution in [0.5, 0.6) is 0 Å². The molecular weight excluding hydrogens is 354 g/mol. The lowest BCUT2D eigenvalue weighted by Crippen LogP contribution is -2.22. The van der Waals surface area contributed by atoms with Crippen LogP contribution >= 0.6 is 0 Å². The summed E-state index contributed by atoms with van der Waals surface area (Å²) in [7, 11) is 0. The summed E-state index contributed by atoms with van der Waals surface area (Å²) in [6.07, 6.45) is 3.07. The average molecular weight is 404 g/mol. The highest BCUT2D eigenvalue weighted by atomic mass is 16.5. The summed E-state index contributed by atoms with van der Waals surface area (Å²) < 4.78 is 5.25. The number of hydrogen-bond acceptors (Lipinski definition) is 2. The smallest absolute Gasteiger partial charge is 0.0701 e. The van der Waals surface area contributed by atoms with Crippen molar-refractivity contribution in [3.8, 4) is 11.3 Å². The fraction of sp³-hybridized carbons (Fsp3) is 0.593. The van der Waals surface area contributed by atoms with Crippen molar-refractivity contribution < 1.29 is 4.74 Å². The van der Waals surface area contributed by atoms with E-state index in [0.29, 0.717) is 0 Å². The molecule has 2 heteroatoms. The number of rotatable bonds is 1. The van der Waals surface area contributed by atoms with Gasteiger partial charge in [0, 0.05) is 25.0 Å². The SMILES string of the molecule is CC.CC.CC.CC.CC1CCOC[C@@H]1C.Cc1ccc(-c2ccccn2)cc1. The topological polar surface area (TPSA) is 22.1 Å². The van der Waals surface area contributed by atoms with Crippen molar-refractivity contribution >= 4 is 0 Å². The molecule has 0 amide bonds. The number of aromatic nitrogens is 1. The van der Waals surface area contributed by atoms with Gasteiger partial charge in [0.2, 0.25) is 0 Å². The van der Waals surface area contributed by atoms with Crippen LogP contribution < -0.4 is 0 Å². The zero-order chi connectivity index (χ0) is 23.1. The fourth-order valence-corrected chi connectivity index (χ4v) is 2.25. The van der Waals surface area contributed by atoms with E-state index in [4.69, 9.17) is 4.74 Å². The van der Waals surface area contributed by atoms with E-state index in [1.165, 1.54) is 17.5 Å². The standard InChI is InChI=1S/C12H11N.C7H14O.4C2H6/c1-10-5-7-11(8-6-10)12-4-2-3-9-13-12;1-6-3-4-8-5-7(6)2;4*1-2/h2-9H,1H3;6-7H,3-5H2,1-2H3;4*1-2H3/t;6?,7-;;;;/m.0..../s1. The minimum absolute atomic E-state index is 0.781. The molecule has 2 atom stereocenters. The molecule has 3 rings (SSSR count). The summed E-state index contributed by atoms with van der Waals surface area (Å²) in [5.74, 6) is 1.66. The van der Waals surface area contributed by atoms with Crippen LogP contribution in [-0.2, 0) is 4.74 Å². The van der Waals surface area contributed by atoms with Gasteiger partial charge in [-0.2, -0.15) is 0 Å². The highest BCUT2D eigenvalue weighted by Crippen LogP contribution is 2.19. The first-order valence-electron chi connectivity index (χ1n) is 11.7. The molecule has 0 aliphatic carbocycles. The van der Waals surface area contributed by atoms with Crippen LogP contribution in [0.15, 0.2) is 48.7 Å². The third-order valence-electron chi connectivity index (χ3n) is 4.08. The lowest BCUT2D eigenvalue weighted by Gasteiger charge is -2.24. The quantitative estimate of drug-likeness (QED) is 0.474. The van der Waals surface area contributed by atoms with Gasteiger partial charge in [0.1, 0.15) is 0 Å². The van der Waals surface area contributed by atoms with Crippen molar-refractivity contribution in [2.75, 3.05) is 13.2 Å². The Morgan fingerprint density at radius 3 is 1.69 bits per heavy atom. The first-order valence-corrected chi connectivity index (χ1v) is 11.7. The van der Waals surface area contributed by atoms with Gasteiger partial charge in [0.05, 0.1) is 5.69 Å². The maximum Gasteiger partial charge on any atom is 0.0701 e. The zero-order valence-electron chi connectivity index (χ0n) is 21.3. The second kappa shape index (κ2) is 24.4. The molecule has 2 aromatic rings. The van der Waals surface area contributed by atoms with Crippen LogP contribution in [-0.4, -0.2) is 18.2 Å². The van der Waals surface area contributed by atoms with Crippen molar-refractivity contribution in [1.29, 1.82) is 0 Å². The van der Waals surface area contributed by atoms with Gasteiger partial charge in [-0.1, -0.05) is 105 Å². The van der Waals surface area contributed by atoms with Crippen LogP contribution in [0.3, 0.4) is 0 Å². The maximum absolute atomic E-state index is 5.25. The Hall–Kier alpha value is -1.67. The van der Waals surface area contributed by atoms with E-state index in [2.05, 4.69) is 50.0 Å². The molecule has 1 fully saturated rings. The minimum Gasteiger partial charge on any atom is -0.381 e. The molecule has 29 heavy (non-hydrogen) atoms. The third-order valence-corrected chi connectivity index (χ3v) is 4.08.